The second-order valence-electron chi connectivity index (χ2n) is 10.5. The summed E-state index contributed by atoms with van der Waals surface area (Å²) in [6.07, 6.45) is 2.92. The van der Waals surface area contributed by atoms with E-state index < -0.39 is 4.92 Å². The molecule has 1 unspecified atom stereocenters. The smallest absolute Gasteiger partial charge is 0.271 e. The van der Waals surface area contributed by atoms with E-state index in [1.807, 2.05) is 0 Å². The molecule has 1 atom stereocenters. The zero-order valence-electron chi connectivity index (χ0n) is 21.1. The molecular weight excluding hydrogens is 480 g/mol. The molecule has 0 saturated carbocycles. The van der Waals surface area contributed by atoms with Gasteiger partial charge >= 0.3 is 0 Å². The Hall–Kier alpha value is -2.82. The van der Waals surface area contributed by atoms with Gasteiger partial charge in [-0.15, -0.1) is 11.3 Å². The number of benzene rings is 1. The maximum Gasteiger partial charge on any atom is 0.271 e. The fourth-order valence-electron chi connectivity index (χ4n) is 4.82. The minimum atomic E-state index is -0.491. The van der Waals surface area contributed by atoms with E-state index in [0.717, 1.165) is 42.8 Å². The predicted molar refractivity (Wildman–Crippen MR) is 141 cm³/mol. The molecule has 2 amide bonds. The van der Waals surface area contributed by atoms with Gasteiger partial charge in [0.1, 0.15) is 5.00 Å². The van der Waals surface area contributed by atoms with E-state index in [2.05, 4.69) is 36.3 Å². The molecule has 10 heteroatoms. The summed E-state index contributed by atoms with van der Waals surface area (Å²) in [6, 6.07) is 5.89. The number of hydrogen-bond acceptors (Lipinski definition) is 7. The van der Waals surface area contributed by atoms with Gasteiger partial charge in [0, 0.05) is 48.8 Å². The molecule has 0 radical (unpaired) electrons. The average Bonchev–Trinajstić information content (AvgIpc) is 3.20. The standard InChI is InChI=1S/C26H34N4O5S/c1-26(2,3)17-7-8-20-21(15-17)36-25(28-22(31)9-10-29-11-13-35-14-12-29)23(20)24(32)27-18-5-4-6-19(16-18)30(33)34/h4-6,16-17H,7-15H2,1-3H3,(H,27,32)(H,28,31). The van der Waals surface area contributed by atoms with Crippen molar-refractivity contribution in [2.24, 2.45) is 11.3 Å². The molecule has 2 aromatic rings. The summed E-state index contributed by atoms with van der Waals surface area (Å²) in [5, 5.41) is 17.5. The zero-order chi connectivity index (χ0) is 25.9. The largest absolute Gasteiger partial charge is 0.379 e. The van der Waals surface area contributed by atoms with Crippen LogP contribution in [0, 0.1) is 21.4 Å². The first-order valence-electron chi connectivity index (χ1n) is 12.4. The van der Waals surface area contributed by atoms with Crippen molar-refractivity contribution in [3.8, 4) is 0 Å². The van der Waals surface area contributed by atoms with Crippen LogP contribution >= 0.6 is 11.3 Å². The summed E-state index contributed by atoms with van der Waals surface area (Å²) in [5.74, 6) is 0.00347. The van der Waals surface area contributed by atoms with Crippen LogP contribution in [0.5, 0.6) is 0 Å². The number of non-ortho nitro benzene ring substituents is 1. The molecule has 194 valence electrons. The lowest BCUT2D eigenvalue weighted by atomic mass is 9.72. The molecule has 9 nitrogen and oxygen atoms in total. The number of ether oxygens (including phenoxy) is 1. The number of nitrogens with one attached hydrogen (secondary N) is 2. The Morgan fingerprint density at radius 1 is 1.22 bits per heavy atom. The Kier molecular flexibility index (Phi) is 8.07. The second kappa shape index (κ2) is 11.1. The van der Waals surface area contributed by atoms with E-state index in [1.165, 1.54) is 23.5 Å². The highest BCUT2D eigenvalue weighted by atomic mass is 32.1. The highest BCUT2D eigenvalue weighted by Crippen LogP contribution is 2.44. The molecule has 4 rings (SSSR count). The summed E-state index contributed by atoms with van der Waals surface area (Å²) < 4.78 is 5.37. The van der Waals surface area contributed by atoms with Gasteiger partial charge in [-0.25, -0.2) is 0 Å². The monoisotopic (exact) mass is 514 g/mol. The lowest BCUT2D eigenvalue weighted by Gasteiger charge is -2.33. The van der Waals surface area contributed by atoms with Gasteiger partial charge in [-0.3, -0.25) is 24.6 Å². The van der Waals surface area contributed by atoms with E-state index >= 15 is 0 Å². The van der Waals surface area contributed by atoms with Crippen molar-refractivity contribution < 1.29 is 19.2 Å². The minimum Gasteiger partial charge on any atom is -0.379 e. The van der Waals surface area contributed by atoms with Crippen molar-refractivity contribution in [1.82, 2.24) is 4.90 Å². The predicted octanol–water partition coefficient (Wildman–Crippen LogP) is 4.72. The quantitative estimate of drug-likeness (QED) is 0.408. The summed E-state index contributed by atoms with van der Waals surface area (Å²) in [5.41, 5.74) is 1.86. The number of fused-ring (bicyclic) bond motifs is 1. The number of nitro groups is 1. The number of hydrogen-bond donors (Lipinski definition) is 2. The van der Waals surface area contributed by atoms with Crippen LogP contribution in [-0.2, 0) is 22.4 Å². The van der Waals surface area contributed by atoms with Crippen molar-refractivity contribution in [2.75, 3.05) is 43.5 Å². The van der Waals surface area contributed by atoms with Gasteiger partial charge in [-0.2, -0.15) is 0 Å². The van der Waals surface area contributed by atoms with Crippen molar-refractivity contribution in [3.05, 3.63) is 50.4 Å². The van der Waals surface area contributed by atoms with Gasteiger partial charge < -0.3 is 15.4 Å². The molecule has 1 aliphatic heterocycles. The SMILES string of the molecule is CC(C)(C)C1CCc2c(sc(NC(=O)CCN3CCOCC3)c2C(=O)Nc2cccc([N+](=O)[O-])c2)C1. The third-order valence-electron chi connectivity index (χ3n) is 7.04. The summed E-state index contributed by atoms with van der Waals surface area (Å²) >= 11 is 1.48. The van der Waals surface area contributed by atoms with Crippen LogP contribution in [0.1, 0.15) is 54.4 Å². The highest BCUT2D eigenvalue weighted by Gasteiger charge is 2.34. The van der Waals surface area contributed by atoms with Crippen molar-refractivity contribution in [3.63, 3.8) is 0 Å². The Morgan fingerprint density at radius 3 is 2.67 bits per heavy atom. The molecule has 1 fully saturated rings. The first-order valence-corrected chi connectivity index (χ1v) is 13.2. The van der Waals surface area contributed by atoms with Crippen LogP contribution in [0.25, 0.3) is 0 Å². The van der Waals surface area contributed by atoms with Gasteiger partial charge in [0.2, 0.25) is 5.91 Å². The third kappa shape index (κ3) is 6.29. The van der Waals surface area contributed by atoms with Gasteiger partial charge in [-0.05, 0) is 42.2 Å². The second-order valence-corrected chi connectivity index (χ2v) is 11.6. The number of anilines is 2. The lowest BCUT2D eigenvalue weighted by molar-refractivity contribution is -0.384. The molecule has 1 aliphatic carbocycles. The van der Waals surface area contributed by atoms with Crippen molar-refractivity contribution in [2.45, 2.75) is 46.5 Å². The van der Waals surface area contributed by atoms with Crippen LogP contribution in [-0.4, -0.2) is 54.5 Å². The number of nitro benzene ring substituents is 1. The van der Waals surface area contributed by atoms with Gasteiger partial charge in [0.25, 0.3) is 11.6 Å². The number of amides is 2. The molecule has 1 aromatic heterocycles. The van der Waals surface area contributed by atoms with Crippen LogP contribution < -0.4 is 10.6 Å². The van der Waals surface area contributed by atoms with Crippen LogP contribution in [0.4, 0.5) is 16.4 Å². The molecular formula is C26H34N4O5S. The molecule has 2 N–H and O–H groups in total. The third-order valence-corrected chi connectivity index (χ3v) is 8.21. The fourth-order valence-corrected chi connectivity index (χ4v) is 6.16. The average molecular weight is 515 g/mol. The van der Waals surface area contributed by atoms with Crippen LogP contribution in [0.3, 0.4) is 0 Å². The van der Waals surface area contributed by atoms with Crippen molar-refractivity contribution >= 4 is 39.5 Å². The van der Waals surface area contributed by atoms with E-state index in [-0.39, 0.29) is 22.9 Å². The number of rotatable bonds is 7. The molecule has 2 aliphatic rings. The van der Waals surface area contributed by atoms with Gasteiger partial charge in [0.15, 0.2) is 0 Å². The Labute approximate surface area is 215 Å². The summed E-state index contributed by atoms with van der Waals surface area (Å²) in [6.45, 7) is 10.3. The Morgan fingerprint density at radius 2 is 1.97 bits per heavy atom. The van der Waals surface area contributed by atoms with Crippen LogP contribution in [0.15, 0.2) is 24.3 Å². The first-order chi connectivity index (χ1) is 17.1. The lowest BCUT2D eigenvalue weighted by Crippen LogP contribution is -2.38. The maximum absolute atomic E-state index is 13.5. The first kappa shape index (κ1) is 26.2. The number of carbonyl (C=O) groups is 2. The van der Waals surface area contributed by atoms with Crippen LogP contribution in [0.2, 0.25) is 0 Å². The number of carbonyl (C=O) groups excluding carboxylic acids is 2. The summed E-state index contributed by atoms with van der Waals surface area (Å²) in [4.78, 5) is 40.3. The Balaban J connectivity index is 1.56. The number of thiophene rings is 1. The molecule has 1 saturated heterocycles. The Bertz CT molecular complexity index is 1130. The van der Waals surface area contributed by atoms with Gasteiger partial charge in [-0.1, -0.05) is 26.8 Å². The normalized spacial score (nSPS) is 18.4. The number of nitrogens with zero attached hydrogens (tertiary/aromatic N) is 2. The van der Waals surface area contributed by atoms with E-state index in [1.54, 1.807) is 12.1 Å². The van der Waals surface area contributed by atoms with Gasteiger partial charge in [0.05, 0.1) is 23.7 Å². The minimum absolute atomic E-state index is 0.0928. The van der Waals surface area contributed by atoms with E-state index in [0.29, 0.717) is 48.3 Å². The van der Waals surface area contributed by atoms with Crippen molar-refractivity contribution in [1.29, 1.82) is 0 Å². The topological polar surface area (TPSA) is 114 Å². The zero-order valence-corrected chi connectivity index (χ0v) is 21.9. The molecule has 0 spiro atoms. The van der Waals surface area contributed by atoms with E-state index in [4.69, 9.17) is 4.74 Å². The summed E-state index contributed by atoms with van der Waals surface area (Å²) in [7, 11) is 0. The maximum atomic E-state index is 13.5. The molecule has 0 bridgehead atoms. The molecule has 1 aromatic carbocycles. The highest BCUT2D eigenvalue weighted by molar-refractivity contribution is 7.17. The molecule has 36 heavy (non-hydrogen) atoms. The number of morpholine rings is 1. The van der Waals surface area contributed by atoms with E-state index in [9.17, 15) is 19.7 Å². The fraction of sp³-hybridized carbons (Fsp3) is 0.538. The molecule has 2 heterocycles.